The van der Waals surface area contributed by atoms with Gasteiger partial charge >= 0.3 is 0 Å². The minimum absolute atomic E-state index is 0.0573. The first-order valence-electron chi connectivity index (χ1n) is 14.7. The van der Waals surface area contributed by atoms with E-state index in [-0.39, 0.29) is 10.6 Å². The fraction of sp³-hybridized carbons (Fsp3) is 0.333. The molecule has 1 fully saturated rings. The number of amides is 1. The second-order valence-corrected chi connectivity index (χ2v) is 13.5. The van der Waals surface area contributed by atoms with E-state index < -0.39 is 27.0 Å². The average Bonchev–Trinajstić information content (AvgIpc) is 3.78. The number of anilines is 1. The molecule has 45 heavy (non-hydrogen) atoms. The molecule has 10 nitrogen and oxygen atoms in total. The van der Waals surface area contributed by atoms with Crippen LogP contribution in [0, 0.1) is 0 Å². The van der Waals surface area contributed by atoms with Gasteiger partial charge in [-0.2, -0.15) is 0 Å². The molecular formula is C33H35ClN4O6S. The summed E-state index contributed by atoms with van der Waals surface area (Å²) in [6.07, 6.45) is 4.39. The van der Waals surface area contributed by atoms with Crippen molar-refractivity contribution in [1.82, 2.24) is 15.2 Å². The molecule has 1 aromatic heterocycles. The SMILES string of the molecule is CCNCc1ccc(OC)c(C2(N3CCCC3(C)c3ncco3)C(=O)N(S(=O)(=O)c3ccc(OC)cc3)c3ccc(Cl)cc32)c1. The van der Waals surface area contributed by atoms with Gasteiger partial charge in [0, 0.05) is 29.2 Å². The van der Waals surface area contributed by atoms with Crippen LogP contribution in [-0.2, 0) is 32.4 Å². The third kappa shape index (κ3) is 4.80. The van der Waals surface area contributed by atoms with Gasteiger partial charge in [0.05, 0.1) is 36.5 Å². The van der Waals surface area contributed by atoms with Gasteiger partial charge in [0.2, 0.25) is 5.89 Å². The van der Waals surface area contributed by atoms with Crippen molar-refractivity contribution >= 4 is 33.2 Å². The van der Waals surface area contributed by atoms with Gasteiger partial charge in [0.25, 0.3) is 15.9 Å². The highest BCUT2D eigenvalue weighted by molar-refractivity contribution is 7.93. The van der Waals surface area contributed by atoms with E-state index in [0.29, 0.717) is 59.5 Å². The molecule has 4 aromatic rings. The predicted octanol–water partition coefficient (Wildman–Crippen LogP) is 5.45. The number of hydrogen-bond acceptors (Lipinski definition) is 9. The molecule has 236 valence electrons. The van der Waals surface area contributed by atoms with Gasteiger partial charge in [0.1, 0.15) is 17.8 Å². The number of benzene rings is 3. The van der Waals surface area contributed by atoms with Crippen LogP contribution in [0.5, 0.6) is 11.5 Å². The van der Waals surface area contributed by atoms with Gasteiger partial charge in [-0.15, -0.1) is 0 Å². The minimum atomic E-state index is -4.42. The van der Waals surface area contributed by atoms with Crippen LogP contribution in [0.15, 0.2) is 82.4 Å². The molecule has 1 amide bonds. The van der Waals surface area contributed by atoms with E-state index in [2.05, 4.69) is 10.3 Å². The van der Waals surface area contributed by atoms with Crippen molar-refractivity contribution in [2.75, 3.05) is 31.6 Å². The van der Waals surface area contributed by atoms with Crippen LogP contribution >= 0.6 is 11.6 Å². The number of nitrogens with zero attached hydrogens (tertiary/aromatic N) is 3. The number of sulfonamides is 1. The van der Waals surface area contributed by atoms with E-state index in [0.717, 1.165) is 16.4 Å². The van der Waals surface area contributed by atoms with Crippen LogP contribution in [0.25, 0.3) is 0 Å². The highest BCUT2D eigenvalue weighted by atomic mass is 35.5. The lowest BCUT2D eigenvalue weighted by molar-refractivity contribution is -0.130. The lowest BCUT2D eigenvalue weighted by Crippen LogP contribution is -2.59. The molecule has 2 aliphatic rings. The van der Waals surface area contributed by atoms with Crippen molar-refractivity contribution in [3.8, 4) is 11.5 Å². The first-order valence-corrected chi connectivity index (χ1v) is 16.5. The topological polar surface area (TPSA) is 114 Å². The van der Waals surface area contributed by atoms with E-state index in [4.69, 9.17) is 25.5 Å². The Morgan fingerprint density at radius 2 is 1.82 bits per heavy atom. The number of carbonyl (C=O) groups excluding carboxylic acids is 1. The van der Waals surface area contributed by atoms with Gasteiger partial charge < -0.3 is 19.2 Å². The Hall–Kier alpha value is -3.90. The summed E-state index contributed by atoms with van der Waals surface area (Å²) in [5, 5.41) is 3.70. The molecule has 0 spiro atoms. The summed E-state index contributed by atoms with van der Waals surface area (Å²) >= 11 is 6.67. The van der Waals surface area contributed by atoms with E-state index in [1.807, 2.05) is 36.9 Å². The third-order valence-electron chi connectivity index (χ3n) is 8.83. The first-order chi connectivity index (χ1) is 21.6. The lowest BCUT2D eigenvalue weighted by atomic mass is 9.78. The largest absolute Gasteiger partial charge is 0.497 e. The fourth-order valence-electron chi connectivity index (χ4n) is 6.73. The molecule has 3 aromatic carbocycles. The number of likely N-dealkylation sites (tertiary alicyclic amines) is 1. The number of aromatic nitrogens is 1. The Bertz CT molecular complexity index is 1830. The van der Waals surface area contributed by atoms with Crippen LogP contribution in [0.2, 0.25) is 5.02 Å². The number of fused-ring (bicyclic) bond motifs is 1. The zero-order chi connectivity index (χ0) is 32.0. The average molecular weight is 651 g/mol. The molecule has 0 saturated carbocycles. The van der Waals surface area contributed by atoms with Crippen molar-refractivity contribution in [3.05, 3.63) is 101 Å². The summed E-state index contributed by atoms with van der Waals surface area (Å²) in [6.45, 7) is 5.70. The number of hydrogen-bond donors (Lipinski definition) is 1. The molecule has 3 heterocycles. The van der Waals surface area contributed by atoms with Crippen molar-refractivity contribution in [2.45, 2.75) is 49.2 Å². The molecule has 12 heteroatoms. The molecule has 1 saturated heterocycles. The zero-order valence-electron chi connectivity index (χ0n) is 25.5. The zero-order valence-corrected chi connectivity index (χ0v) is 27.1. The summed E-state index contributed by atoms with van der Waals surface area (Å²) in [5.41, 5.74) is -0.538. The minimum Gasteiger partial charge on any atom is -0.497 e. The number of oxazole rings is 1. The van der Waals surface area contributed by atoms with Crippen molar-refractivity contribution in [1.29, 1.82) is 0 Å². The van der Waals surface area contributed by atoms with Gasteiger partial charge in [-0.05, 0) is 86.5 Å². The van der Waals surface area contributed by atoms with E-state index in [1.165, 1.54) is 32.6 Å². The fourth-order valence-corrected chi connectivity index (χ4v) is 8.37. The number of nitrogens with one attached hydrogen (secondary N) is 1. The number of ether oxygens (including phenoxy) is 2. The molecule has 1 N–H and O–H groups in total. The van der Waals surface area contributed by atoms with Crippen LogP contribution < -0.4 is 19.1 Å². The Morgan fingerprint density at radius 3 is 2.49 bits per heavy atom. The van der Waals surface area contributed by atoms with E-state index >= 15 is 4.79 Å². The standard InChI is InChI=1S/C33H35ClN4O6S/c1-5-35-21-22-7-14-29(43-4)27(19-22)33(37-17-6-15-32(37,2)30-36-16-18-44-30)26-20-23(34)8-13-28(26)38(31(33)39)45(40,41)25-11-9-24(42-3)10-12-25/h7-14,16,18-20,35H,5-6,15,17,21H2,1-4H3. The number of methoxy groups -OCH3 is 2. The van der Waals surface area contributed by atoms with E-state index in [1.54, 1.807) is 36.5 Å². The molecule has 0 bridgehead atoms. The maximum atomic E-state index is 15.5. The molecule has 0 radical (unpaired) electrons. The molecule has 6 rings (SSSR count). The lowest BCUT2D eigenvalue weighted by Gasteiger charge is -2.46. The monoisotopic (exact) mass is 650 g/mol. The second-order valence-electron chi connectivity index (χ2n) is 11.3. The summed E-state index contributed by atoms with van der Waals surface area (Å²) in [4.78, 5) is 22.0. The summed E-state index contributed by atoms with van der Waals surface area (Å²) in [5.74, 6) is 0.674. The molecule has 2 unspecified atom stereocenters. The third-order valence-corrected chi connectivity index (χ3v) is 10.8. The van der Waals surface area contributed by atoms with Crippen LogP contribution in [0.4, 0.5) is 5.69 Å². The number of carbonyl (C=O) groups is 1. The van der Waals surface area contributed by atoms with Crippen molar-refractivity contribution in [2.24, 2.45) is 0 Å². The van der Waals surface area contributed by atoms with E-state index in [9.17, 15) is 8.42 Å². The summed E-state index contributed by atoms with van der Waals surface area (Å²) < 4.78 is 47.0. The maximum absolute atomic E-state index is 15.5. The van der Waals surface area contributed by atoms with Gasteiger partial charge in [-0.1, -0.05) is 24.6 Å². The Balaban J connectivity index is 1.68. The van der Waals surface area contributed by atoms with Gasteiger partial charge in [-0.25, -0.2) is 17.7 Å². The quantitative estimate of drug-likeness (QED) is 0.239. The Kier molecular flexibility index (Phi) is 8.15. The van der Waals surface area contributed by atoms with Gasteiger partial charge in [0.15, 0.2) is 5.54 Å². The van der Waals surface area contributed by atoms with Crippen molar-refractivity contribution in [3.63, 3.8) is 0 Å². The predicted molar refractivity (Wildman–Crippen MR) is 170 cm³/mol. The normalized spacial score (nSPS) is 21.7. The van der Waals surface area contributed by atoms with Crippen molar-refractivity contribution < 1.29 is 27.1 Å². The Labute approximate surface area is 268 Å². The molecule has 2 aliphatic heterocycles. The summed E-state index contributed by atoms with van der Waals surface area (Å²) in [6, 6.07) is 16.5. The maximum Gasteiger partial charge on any atom is 0.271 e. The Morgan fingerprint density at radius 1 is 1.04 bits per heavy atom. The van der Waals surface area contributed by atoms with Crippen LogP contribution in [-0.4, -0.2) is 51.5 Å². The van der Waals surface area contributed by atoms with Crippen LogP contribution in [0.3, 0.4) is 0 Å². The molecule has 0 aliphatic carbocycles. The molecular weight excluding hydrogens is 616 g/mol. The smallest absolute Gasteiger partial charge is 0.271 e. The summed E-state index contributed by atoms with van der Waals surface area (Å²) in [7, 11) is -1.38. The number of rotatable bonds is 10. The van der Waals surface area contributed by atoms with Crippen LogP contribution in [0.1, 0.15) is 49.3 Å². The highest BCUT2D eigenvalue weighted by Gasteiger charge is 2.65. The first kappa shape index (κ1) is 31.1. The highest BCUT2D eigenvalue weighted by Crippen LogP contribution is 2.58. The van der Waals surface area contributed by atoms with Gasteiger partial charge in [-0.3, -0.25) is 9.69 Å². The number of halogens is 1. The molecule has 2 atom stereocenters. The second kappa shape index (κ2) is 11.8.